The van der Waals surface area contributed by atoms with Crippen LogP contribution in [-0.4, -0.2) is 28.0 Å². The molecule has 0 spiro atoms. The number of carbonyl (C=O) groups is 2. The molecule has 0 saturated heterocycles. The van der Waals surface area contributed by atoms with Crippen molar-refractivity contribution in [1.29, 1.82) is 0 Å². The van der Waals surface area contributed by atoms with Gasteiger partial charge in [-0.3, -0.25) is 9.59 Å². The lowest BCUT2D eigenvalue weighted by molar-refractivity contribution is -0.141. The summed E-state index contributed by atoms with van der Waals surface area (Å²) in [7, 11) is 0. The summed E-state index contributed by atoms with van der Waals surface area (Å²) < 4.78 is 5.63. The van der Waals surface area contributed by atoms with Crippen LogP contribution in [-0.2, 0) is 16.0 Å². The van der Waals surface area contributed by atoms with Crippen LogP contribution in [0.15, 0.2) is 40.9 Å². The van der Waals surface area contributed by atoms with Crippen molar-refractivity contribution in [2.45, 2.75) is 32.2 Å². The SMILES string of the molecule is C[C@H](NC(=O)CCCc1ncc(-c2ccccc2)o1)C(=O)O. The van der Waals surface area contributed by atoms with Crippen LogP contribution in [0.2, 0.25) is 0 Å². The van der Waals surface area contributed by atoms with E-state index in [-0.39, 0.29) is 12.3 Å². The van der Waals surface area contributed by atoms with E-state index in [0.717, 1.165) is 5.56 Å². The highest BCUT2D eigenvalue weighted by atomic mass is 16.4. The second kappa shape index (κ2) is 7.40. The zero-order valence-electron chi connectivity index (χ0n) is 12.3. The number of rotatable bonds is 7. The van der Waals surface area contributed by atoms with Gasteiger partial charge in [-0.05, 0) is 13.3 Å². The van der Waals surface area contributed by atoms with Gasteiger partial charge in [0, 0.05) is 18.4 Å². The van der Waals surface area contributed by atoms with Crippen LogP contribution in [0.4, 0.5) is 0 Å². The van der Waals surface area contributed by atoms with Gasteiger partial charge in [-0.15, -0.1) is 0 Å². The maximum Gasteiger partial charge on any atom is 0.325 e. The monoisotopic (exact) mass is 302 g/mol. The number of benzene rings is 1. The molecule has 0 aliphatic rings. The van der Waals surface area contributed by atoms with Crippen molar-refractivity contribution in [1.82, 2.24) is 10.3 Å². The molecule has 22 heavy (non-hydrogen) atoms. The quantitative estimate of drug-likeness (QED) is 0.818. The molecule has 6 nitrogen and oxygen atoms in total. The molecule has 2 N–H and O–H groups in total. The van der Waals surface area contributed by atoms with Crippen LogP contribution in [0.3, 0.4) is 0 Å². The predicted octanol–water partition coefficient (Wildman–Crippen LogP) is 2.25. The number of aryl methyl sites for hydroxylation is 1. The van der Waals surface area contributed by atoms with E-state index in [2.05, 4.69) is 10.3 Å². The highest BCUT2D eigenvalue weighted by Gasteiger charge is 2.14. The molecule has 0 fully saturated rings. The average Bonchev–Trinajstić information content (AvgIpc) is 2.97. The lowest BCUT2D eigenvalue weighted by Crippen LogP contribution is -2.38. The first kappa shape index (κ1) is 15.8. The fourth-order valence-electron chi connectivity index (χ4n) is 1.94. The Labute approximate surface area is 128 Å². The number of hydrogen-bond donors (Lipinski definition) is 2. The number of carboxylic acids is 1. The molecule has 2 rings (SSSR count). The van der Waals surface area contributed by atoms with Gasteiger partial charge in [0.05, 0.1) is 6.20 Å². The molecule has 1 amide bonds. The summed E-state index contributed by atoms with van der Waals surface area (Å²) in [6.07, 6.45) is 2.98. The van der Waals surface area contributed by atoms with E-state index in [0.29, 0.717) is 24.5 Å². The number of carboxylic acid groups (broad SMARTS) is 1. The Bertz CT molecular complexity index is 637. The average molecular weight is 302 g/mol. The Balaban J connectivity index is 1.80. The lowest BCUT2D eigenvalue weighted by atomic mass is 10.2. The normalized spacial score (nSPS) is 11.9. The van der Waals surface area contributed by atoms with E-state index in [1.54, 1.807) is 6.20 Å². The van der Waals surface area contributed by atoms with Gasteiger partial charge in [-0.1, -0.05) is 30.3 Å². The highest BCUT2D eigenvalue weighted by Crippen LogP contribution is 2.20. The molecule has 1 aromatic heterocycles. The minimum Gasteiger partial charge on any atom is -0.480 e. The molecular weight excluding hydrogens is 284 g/mol. The summed E-state index contributed by atoms with van der Waals surface area (Å²) in [5.41, 5.74) is 0.953. The van der Waals surface area contributed by atoms with E-state index >= 15 is 0 Å². The maximum atomic E-state index is 11.5. The standard InChI is InChI=1S/C16H18N2O4/c1-11(16(20)21)18-14(19)8-5-9-15-17-10-13(22-15)12-6-3-2-4-7-12/h2-4,6-7,10-11H,5,8-9H2,1H3,(H,18,19)(H,20,21)/t11-/m0/s1. The van der Waals surface area contributed by atoms with Crippen LogP contribution >= 0.6 is 0 Å². The van der Waals surface area contributed by atoms with Crippen molar-refractivity contribution in [2.24, 2.45) is 0 Å². The molecule has 0 unspecified atom stereocenters. The first-order valence-electron chi connectivity index (χ1n) is 7.08. The predicted molar refractivity (Wildman–Crippen MR) is 80.1 cm³/mol. The summed E-state index contributed by atoms with van der Waals surface area (Å²) in [6.45, 7) is 1.43. The number of aromatic nitrogens is 1. The number of oxazole rings is 1. The van der Waals surface area contributed by atoms with Crippen molar-refractivity contribution < 1.29 is 19.1 Å². The largest absolute Gasteiger partial charge is 0.480 e. The first-order valence-corrected chi connectivity index (χ1v) is 7.08. The Kier molecular flexibility index (Phi) is 5.30. The Morgan fingerprint density at radius 3 is 2.73 bits per heavy atom. The van der Waals surface area contributed by atoms with E-state index < -0.39 is 12.0 Å². The second-order valence-electron chi connectivity index (χ2n) is 4.97. The van der Waals surface area contributed by atoms with Crippen LogP contribution < -0.4 is 5.32 Å². The highest BCUT2D eigenvalue weighted by molar-refractivity contribution is 5.83. The number of nitrogens with one attached hydrogen (secondary N) is 1. The van der Waals surface area contributed by atoms with Gasteiger partial charge >= 0.3 is 5.97 Å². The molecular formula is C16H18N2O4. The molecule has 116 valence electrons. The molecule has 1 heterocycles. The summed E-state index contributed by atoms with van der Waals surface area (Å²) in [6, 6.07) is 8.77. The number of amides is 1. The van der Waals surface area contributed by atoms with Crippen molar-refractivity contribution >= 4 is 11.9 Å². The van der Waals surface area contributed by atoms with Crippen molar-refractivity contribution in [2.75, 3.05) is 0 Å². The summed E-state index contributed by atoms with van der Waals surface area (Å²) in [5, 5.41) is 11.1. The molecule has 0 saturated carbocycles. The Morgan fingerprint density at radius 2 is 2.05 bits per heavy atom. The van der Waals surface area contributed by atoms with Crippen molar-refractivity contribution in [3.05, 3.63) is 42.4 Å². The minimum absolute atomic E-state index is 0.237. The fourth-order valence-corrected chi connectivity index (χ4v) is 1.94. The van der Waals surface area contributed by atoms with Gasteiger partial charge < -0.3 is 14.8 Å². The molecule has 0 aliphatic heterocycles. The molecule has 6 heteroatoms. The van der Waals surface area contributed by atoms with Crippen LogP contribution in [0, 0.1) is 0 Å². The Morgan fingerprint density at radius 1 is 1.32 bits per heavy atom. The van der Waals surface area contributed by atoms with Gasteiger partial charge in [0.1, 0.15) is 6.04 Å². The van der Waals surface area contributed by atoms with Crippen molar-refractivity contribution in [3.63, 3.8) is 0 Å². The summed E-state index contributed by atoms with van der Waals surface area (Å²) in [4.78, 5) is 26.4. The molecule has 1 aromatic carbocycles. The number of aliphatic carboxylic acids is 1. The third-order valence-electron chi connectivity index (χ3n) is 3.15. The van der Waals surface area contributed by atoms with Gasteiger partial charge in [0.25, 0.3) is 0 Å². The van der Waals surface area contributed by atoms with Crippen molar-refractivity contribution in [3.8, 4) is 11.3 Å². The number of carbonyl (C=O) groups excluding carboxylic acids is 1. The van der Waals surface area contributed by atoms with Crippen LogP contribution in [0.5, 0.6) is 0 Å². The zero-order chi connectivity index (χ0) is 15.9. The fraction of sp³-hybridized carbons (Fsp3) is 0.312. The van der Waals surface area contributed by atoms with Gasteiger partial charge in [-0.2, -0.15) is 0 Å². The maximum absolute atomic E-state index is 11.5. The topological polar surface area (TPSA) is 92.4 Å². The number of hydrogen-bond acceptors (Lipinski definition) is 4. The second-order valence-corrected chi connectivity index (χ2v) is 4.97. The van der Waals surface area contributed by atoms with Gasteiger partial charge in [0.2, 0.25) is 5.91 Å². The Hall–Kier alpha value is -2.63. The van der Waals surface area contributed by atoms with E-state index in [4.69, 9.17) is 9.52 Å². The molecule has 0 bridgehead atoms. The van der Waals surface area contributed by atoms with Gasteiger partial charge in [0.15, 0.2) is 11.7 Å². The third-order valence-corrected chi connectivity index (χ3v) is 3.15. The smallest absolute Gasteiger partial charge is 0.325 e. The number of nitrogens with zero attached hydrogens (tertiary/aromatic N) is 1. The van der Waals surface area contributed by atoms with Crippen LogP contribution in [0.1, 0.15) is 25.7 Å². The van der Waals surface area contributed by atoms with E-state index in [1.165, 1.54) is 6.92 Å². The van der Waals surface area contributed by atoms with Gasteiger partial charge in [-0.25, -0.2) is 4.98 Å². The molecule has 2 aromatic rings. The molecule has 1 atom stereocenters. The molecule has 0 radical (unpaired) electrons. The molecule has 0 aliphatic carbocycles. The summed E-state index contributed by atoms with van der Waals surface area (Å²) in [5.74, 6) is -0.0734. The third kappa shape index (κ3) is 4.44. The lowest BCUT2D eigenvalue weighted by Gasteiger charge is -2.08. The van der Waals surface area contributed by atoms with E-state index in [9.17, 15) is 9.59 Å². The zero-order valence-corrected chi connectivity index (χ0v) is 12.3. The van der Waals surface area contributed by atoms with E-state index in [1.807, 2.05) is 30.3 Å². The first-order chi connectivity index (χ1) is 10.6. The minimum atomic E-state index is -1.05. The van der Waals surface area contributed by atoms with Crippen LogP contribution in [0.25, 0.3) is 11.3 Å². The summed E-state index contributed by atoms with van der Waals surface area (Å²) >= 11 is 0.